The van der Waals surface area contributed by atoms with Crippen molar-refractivity contribution in [3.63, 3.8) is 0 Å². The molecule has 0 radical (unpaired) electrons. The molecule has 92 valence electrons. The molecule has 0 aromatic carbocycles. The minimum Gasteiger partial charge on any atom is -0.308 e. The number of nitrogens with one attached hydrogen (secondary N) is 2. The molecule has 3 atom stereocenters. The van der Waals surface area contributed by atoms with E-state index in [0.717, 1.165) is 17.9 Å². The molecule has 1 aromatic rings. The molecule has 2 N–H and O–H groups in total. The summed E-state index contributed by atoms with van der Waals surface area (Å²) in [7, 11) is -0.701. The third-order valence-electron chi connectivity index (χ3n) is 2.71. The molecule has 16 heavy (non-hydrogen) atoms. The van der Waals surface area contributed by atoms with Gasteiger partial charge in [-0.2, -0.15) is 5.10 Å². The van der Waals surface area contributed by atoms with Gasteiger partial charge >= 0.3 is 0 Å². The normalized spacial score (nSPS) is 17.0. The summed E-state index contributed by atoms with van der Waals surface area (Å²) in [6.07, 6.45) is 4.54. The number of aromatic amines is 1. The van der Waals surface area contributed by atoms with Crippen LogP contribution in [0.2, 0.25) is 0 Å². The molecule has 1 aromatic heterocycles. The molecule has 0 fully saturated rings. The molecule has 1 heterocycles. The van der Waals surface area contributed by atoms with Crippen LogP contribution in [0.25, 0.3) is 0 Å². The van der Waals surface area contributed by atoms with Crippen molar-refractivity contribution in [2.24, 2.45) is 0 Å². The van der Waals surface area contributed by atoms with Crippen LogP contribution < -0.4 is 5.32 Å². The van der Waals surface area contributed by atoms with Crippen molar-refractivity contribution in [3.8, 4) is 0 Å². The van der Waals surface area contributed by atoms with Crippen LogP contribution in [0.3, 0.4) is 0 Å². The van der Waals surface area contributed by atoms with E-state index >= 15 is 0 Å². The quantitative estimate of drug-likeness (QED) is 0.796. The summed E-state index contributed by atoms with van der Waals surface area (Å²) in [5.74, 6) is 0.755. The number of aryl methyl sites for hydroxylation is 1. The highest BCUT2D eigenvalue weighted by molar-refractivity contribution is 7.84. The fourth-order valence-electron chi connectivity index (χ4n) is 1.74. The molecule has 0 aliphatic carbocycles. The molecule has 5 heteroatoms. The van der Waals surface area contributed by atoms with E-state index in [1.807, 2.05) is 13.1 Å². The van der Waals surface area contributed by atoms with Crippen LogP contribution in [-0.4, -0.2) is 32.5 Å². The van der Waals surface area contributed by atoms with Gasteiger partial charge in [-0.25, -0.2) is 0 Å². The highest BCUT2D eigenvalue weighted by Gasteiger charge is 2.12. The molecule has 0 saturated carbocycles. The van der Waals surface area contributed by atoms with Crippen LogP contribution in [0.1, 0.15) is 37.6 Å². The van der Waals surface area contributed by atoms with Crippen molar-refractivity contribution in [1.29, 1.82) is 0 Å². The van der Waals surface area contributed by atoms with Crippen LogP contribution in [0.5, 0.6) is 0 Å². The second-order valence-corrected chi connectivity index (χ2v) is 5.86. The van der Waals surface area contributed by atoms with Crippen molar-refractivity contribution in [2.45, 2.75) is 39.3 Å². The van der Waals surface area contributed by atoms with Crippen molar-refractivity contribution < 1.29 is 4.21 Å². The summed E-state index contributed by atoms with van der Waals surface area (Å²) in [6.45, 7) is 6.27. The number of hydrogen-bond acceptors (Lipinski definition) is 3. The van der Waals surface area contributed by atoms with Crippen LogP contribution in [0.4, 0.5) is 0 Å². The maximum Gasteiger partial charge on any atom is 0.0537 e. The van der Waals surface area contributed by atoms with E-state index in [9.17, 15) is 4.21 Å². The molecule has 0 spiro atoms. The average molecular weight is 243 g/mol. The van der Waals surface area contributed by atoms with E-state index < -0.39 is 10.8 Å². The smallest absolute Gasteiger partial charge is 0.0537 e. The van der Waals surface area contributed by atoms with Gasteiger partial charge in [0.25, 0.3) is 0 Å². The van der Waals surface area contributed by atoms with Gasteiger partial charge in [-0.3, -0.25) is 9.31 Å². The molecule has 0 bridgehead atoms. The van der Waals surface area contributed by atoms with E-state index in [1.54, 1.807) is 6.26 Å². The fourth-order valence-corrected chi connectivity index (χ4v) is 2.42. The zero-order chi connectivity index (χ0) is 12.1. The first-order valence-corrected chi connectivity index (χ1v) is 7.29. The third kappa shape index (κ3) is 4.06. The van der Waals surface area contributed by atoms with Gasteiger partial charge in [-0.05, 0) is 27.2 Å². The lowest BCUT2D eigenvalue weighted by Crippen LogP contribution is -2.30. The maximum absolute atomic E-state index is 11.0. The first-order chi connectivity index (χ1) is 7.50. The Labute approximate surface area is 99.7 Å². The monoisotopic (exact) mass is 243 g/mol. The van der Waals surface area contributed by atoms with E-state index in [2.05, 4.69) is 29.4 Å². The molecular formula is C11H21N3OS. The lowest BCUT2D eigenvalue weighted by Gasteiger charge is -2.19. The third-order valence-corrected chi connectivity index (χ3v) is 3.52. The lowest BCUT2D eigenvalue weighted by atomic mass is 10.1. The lowest BCUT2D eigenvalue weighted by molar-refractivity contribution is 0.469. The Morgan fingerprint density at radius 1 is 1.56 bits per heavy atom. The van der Waals surface area contributed by atoms with Crippen molar-refractivity contribution in [3.05, 3.63) is 17.5 Å². The average Bonchev–Trinajstić information content (AvgIpc) is 2.61. The topological polar surface area (TPSA) is 57.8 Å². The summed E-state index contributed by atoms with van der Waals surface area (Å²) in [5.41, 5.74) is 2.30. The Morgan fingerprint density at radius 3 is 2.75 bits per heavy atom. The van der Waals surface area contributed by atoms with Crippen LogP contribution >= 0.6 is 0 Å². The Balaban J connectivity index is 2.42. The molecule has 0 aliphatic rings. The van der Waals surface area contributed by atoms with E-state index in [4.69, 9.17) is 0 Å². The van der Waals surface area contributed by atoms with E-state index in [0.29, 0.717) is 6.04 Å². The fraction of sp³-hybridized carbons (Fsp3) is 0.727. The number of aromatic nitrogens is 2. The van der Waals surface area contributed by atoms with Gasteiger partial charge in [0.15, 0.2) is 0 Å². The van der Waals surface area contributed by atoms with Gasteiger partial charge in [-0.1, -0.05) is 0 Å². The Kier molecular flexibility index (Phi) is 5.15. The summed E-state index contributed by atoms with van der Waals surface area (Å²) >= 11 is 0. The zero-order valence-electron chi connectivity index (χ0n) is 10.4. The standard InChI is InChI=1S/C11H21N3OS/c1-8(5-6-16(4)15)13-9(2)11-7-12-14-10(11)3/h7-9,13H,5-6H2,1-4H3,(H,12,14). The van der Waals surface area contributed by atoms with Crippen molar-refractivity contribution in [1.82, 2.24) is 15.5 Å². The Morgan fingerprint density at radius 2 is 2.25 bits per heavy atom. The van der Waals surface area contributed by atoms with Gasteiger partial charge in [0.1, 0.15) is 0 Å². The number of hydrogen-bond donors (Lipinski definition) is 2. The number of rotatable bonds is 6. The second-order valence-electron chi connectivity index (χ2n) is 4.31. The largest absolute Gasteiger partial charge is 0.308 e. The summed E-state index contributed by atoms with van der Waals surface area (Å²) in [6, 6.07) is 0.646. The van der Waals surface area contributed by atoms with Crippen LogP contribution in [0, 0.1) is 6.92 Å². The number of H-pyrrole nitrogens is 1. The van der Waals surface area contributed by atoms with Gasteiger partial charge in [0.05, 0.1) is 6.20 Å². The zero-order valence-corrected chi connectivity index (χ0v) is 11.2. The SMILES string of the molecule is Cc1[nH]ncc1C(C)NC(C)CCS(C)=O. The predicted molar refractivity (Wildman–Crippen MR) is 67.9 cm³/mol. The highest BCUT2D eigenvalue weighted by Crippen LogP contribution is 2.15. The molecule has 0 amide bonds. The molecule has 4 nitrogen and oxygen atoms in total. The van der Waals surface area contributed by atoms with E-state index in [-0.39, 0.29) is 6.04 Å². The molecular weight excluding hydrogens is 222 g/mol. The predicted octanol–water partition coefficient (Wildman–Crippen LogP) is 1.53. The highest BCUT2D eigenvalue weighted by atomic mass is 32.2. The Bertz CT molecular complexity index is 351. The summed E-state index contributed by atoms with van der Waals surface area (Å²) in [4.78, 5) is 0. The minimum atomic E-state index is -0.701. The first-order valence-electron chi connectivity index (χ1n) is 5.56. The van der Waals surface area contributed by atoms with Crippen molar-refractivity contribution >= 4 is 10.8 Å². The first kappa shape index (κ1) is 13.4. The molecule has 1 rings (SSSR count). The summed E-state index contributed by atoms with van der Waals surface area (Å²) in [5, 5.41) is 10.4. The molecule has 0 aliphatic heterocycles. The van der Waals surface area contributed by atoms with Crippen LogP contribution in [-0.2, 0) is 10.8 Å². The maximum atomic E-state index is 11.0. The van der Waals surface area contributed by atoms with Gasteiger partial charge in [-0.15, -0.1) is 0 Å². The van der Waals surface area contributed by atoms with Crippen LogP contribution in [0.15, 0.2) is 6.20 Å². The van der Waals surface area contributed by atoms with Gasteiger partial charge in [0, 0.05) is 46.1 Å². The summed E-state index contributed by atoms with van der Waals surface area (Å²) < 4.78 is 11.0. The molecule has 3 unspecified atom stereocenters. The Hall–Kier alpha value is -0.680. The van der Waals surface area contributed by atoms with Gasteiger partial charge in [0.2, 0.25) is 0 Å². The second kappa shape index (κ2) is 6.15. The molecule has 0 saturated heterocycles. The minimum absolute atomic E-state index is 0.277. The number of nitrogens with zero attached hydrogens (tertiary/aromatic N) is 1. The van der Waals surface area contributed by atoms with Crippen molar-refractivity contribution in [2.75, 3.05) is 12.0 Å². The van der Waals surface area contributed by atoms with Gasteiger partial charge < -0.3 is 5.32 Å². The van der Waals surface area contributed by atoms with E-state index in [1.165, 1.54) is 5.56 Å².